The number of rotatable bonds is 5. The second kappa shape index (κ2) is 5.79. The molecule has 0 fully saturated rings. The zero-order valence-corrected chi connectivity index (χ0v) is 11.0. The Labute approximate surface area is 113 Å². The van der Waals surface area contributed by atoms with Crippen molar-refractivity contribution >= 4 is 28.9 Å². The second-order valence-electron chi connectivity index (χ2n) is 3.98. The number of oxime groups is 1. The summed E-state index contributed by atoms with van der Waals surface area (Å²) in [5.74, 6) is -1.54. The molecule has 1 aliphatic rings. The van der Waals surface area contributed by atoms with Gasteiger partial charge in [0.2, 0.25) is 6.10 Å². The summed E-state index contributed by atoms with van der Waals surface area (Å²) in [7, 11) is 0. The quantitative estimate of drug-likeness (QED) is 0.837. The van der Waals surface area contributed by atoms with E-state index in [9.17, 15) is 9.59 Å². The van der Waals surface area contributed by atoms with E-state index >= 15 is 0 Å². The molecule has 19 heavy (non-hydrogen) atoms. The van der Waals surface area contributed by atoms with Crippen molar-refractivity contribution in [3.63, 3.8) is 0 Å². The van der Waals surface area contributed by atoms with Crippen molar-refractivity contribution < 1.29 is 19.5 Å². The van der Waals surface area contributed by atoms with Gasteiger partial charge in [0, 0.05) is 18.0 Å². The van der Waals surface area contributed by atoms with Gasteiger partial charge in [0.25, 0.3) is 5.91 Å². The van der Waals surface area contributed by atoms with Gasteiger partial charge in [-0.15, -0.1) is 11.3 Å². The van der Waals surface area contributed by atoms with Crippen LogP contribution < -0.4 is 5.32 Å². The number of carboxylic acid groups (broad SMARTS) is 1. The fourth-order valence-corrected chi connectivity index (χ4v) is 2.43. The van der Waals surface area contributed by atoms with Gasteiger partial charge >= 0.3 is 5.97 Å². The molecule has 0 saturated heterocycles. The lowest BCUT2D eigenvalue weighted by Crippen LogP contribution is -2.37. The van der Waals surface area contributed by atoms with E-state index in [2.05, 4.69) is 15.5 Å². The third-order valence-electron chi connectivity index (χ3n) is 2.68. The van der Waals surface area contributed by atoms with Crippen molar-refractivity contribution in [3.8, 4) is 0 Å². The number of aliphatic carboxylic acids is 1. The lowest BCUT2D eigenvalue weighted by Gasteiger charge is -2.16. The molecule has 1 aromatic heterocycles. The molecule has 2 rings (SSSR count). The average Bonchev–Trinajstić information content (AvgIpc) is 3.05. The van der Waals surface area contributed by atoms with Crippen LogP contribution in [0.4, 0.5) is 0 Å². The first-order valence-electron chi connectivity index (χ1n) is 5.77. The van der Waals surface area contributed by atoms with Crippen LogP contribution >= 0.6 is 11.3 Å². The monoisotopic (exact) mass is 283 g/mol. The Kier molecular flexibility index (Phi) is 4.10. The summed E-state index contributed by atoms with van der Waals surface area (Å²) < 4.78 is 0. The Morgan fingerprint density at radius 2 is 2.47 bits per heavy atom. The molecule has 2 atom stereocenters. The van der Waals surface area contributed by atoms with Gasteiger partial charge < -0.3 is 15.3 Å². The molecule has 0 spiro atoms. The average molecular weight is 283 g/mol. The molecule has 7 nitrogen and oxygen atoms in total. The summed E-state index contributed by atoms with van der Waals surface area (Å²) in [6, 6.07) is -0.190. The van der Waals surface area contributed by atoms with Gasteiger partial charge in [-0.25, -0.2) is 9.78 Å². The van der Waals surface area contributed by atoms with E-state index < -0.39 is 12.1 Å². The van der Waals surface area contributed by atoms with Gasteiger partial charge in [0.1, 0.15) is 5.01 Å². The second-order valence-corrected chi connectivity index (χ2v) is 4.91. The molecule has 0 aliphatic carbocycles. The first-order valence-corrected chi connectivity index (χ1v) is 6.65. The molecule has 2 N–H and O–H groups in total. The van der Waals surface area contributed by atoms with Gasteiger partial charge in [0.05, 0.1) is 6.04 Å². The van der Waals surface area contributed by atoms with Crippen LogP contribution in [-0.4, -0.2) is 33.8 Å². The summed E-state index contributed by atoms with van der Waals surface area (Å²) >= 11 is 1.46. The molecule has 0 saturated carbocycles. The van der Waals surface area contributed by atoms with Gasteiger partial charge in [0.15, 0.2) is 5.71 Å². The maximum atomic E-state index is 12.0. The number of amides is 1. The topological polar surface area (TPSA) is 101 Å². The van der Waals surface area contributed by atoms with Crippen LogP contribution in [-0.2, 0) is 14.4 Å². The van der Waals surface area contributed by atoms with Gasteiger partial charge in [-0.3, -0.25) is 4.79 Å². The smallest absolute Gasteiger partial charge is 0.353 e. The summed E-state index contributed by atoms with van der Waals surface area (Å²) in [4.78, 5) is 31.6. The molecule has 8 heteroatoms. The zero-order valence-electron chi connectivity index (χ0n) is 10.2. The third kappa shape index (κ3) is 3.08. The van der Waals surface area contributed by atoms with Crippen molar-refractivity contribution in [2.24, 2.45) is 5.16 Å². The molecule has 1 aliphatic heterocycles. The van der Waals surface area contributed by atoms with Crippen molar-refractivity contribution in [2.45, 2.75) is 31.9 Å². The van der Waals surface area contributed by atoms with Crippen LogP contribution in [0.1, 0.15) is 30.8 Å². The van der Waals surface area contributed by atoms with E-state index in [0.717, 1.165) is 5.01 Å². The SMILES string of the molecule is CCC(NC(=O)C1CC(C(=O)O)=NO1)c1nccs1. The molecule has 2 unspecified atom stereocenters. The molecule has 0 aromatic carbocycles. The van der Waals surface area contributed by atoms with Gasteiger partial charge in [-0.2, -0.15) is 0 Å². The van der Waals surface area contributed by atoms with E-state index in [1.54, 1.807) is 6.20 Å². The van der Waals surface area contributed by atoms with Crippen LogP contribution in [0.3, 0.4) is 0 Å². The van der Waals surface area contributed by atoms with Crippen LogP contribution in [0, 0.1) is 0 Å². The van der Waals surface area contributed by atoms with E-state index in [-0.39, 0.29) is 24.1 Å². The molecule has 1 aromatic rings. The normalized spacial score (nSPS) is 19.4. The molecule has 1 amide bonds. The van der Waals surface area contributed by atoms with E-state index in [1.165, 1.54) is 11.3 Å². The van der Waals surface area contributed by atoms with Crippen molar-refractivity contribution in [2.75, 3.05) is 0 Å². The standard InChI is InChI=1S/C11H13N3O4S/c1-2-6(10-12-3-4-19-10)13-9(15)8-5-7(11(16)17)14-18-8/h3-4,6,8H,2,5H2,1H3,(H,13,15)(H,16,17). The van der Waals surface area contributed by atoms with Crippen LogP contribution in [0.2, 0.25) is 0 Å². The van der Waals surface area contributed by atoms with Gasteiger partial charge in [-0.1, -0.05) is 12.1 Å². The number of carbonyl (C=O) groups is 2. The molecular formula is C11H13N3O4S. The summed E-state index contributed by atoms with van der Waals surface area (Å²) in [6.07, 6.45) is 1.47. The minimum absolute atomic E-state index is 0.0184. The highest BCUT2D eigenvalue weighted by Gasteiger charge is 2.32. The first-order chi connectivity index (χ1) is 9.11. The maximum absolute atomic E-state index is 12.0. The van der Waals surface area contributed by atoms with Crippen molar-refractivity contribution in [1.82, 2.24) is 10.3 Å². The molecule has 0 bridgehead atoms. The highest BCUT2D eigenvalue weighted by Crippen LogP contribution is 2.20. The number of hydrogen-bond acceptors (Lipinski definition) is 6. The molecule has 0 radical (unpaired) electrons. The van der Waals surface area contributed by atoms with E-state index in [4.69, 9.17) is 9.94 Å². The summed E-state index contributed by atoms with van der Waals surface area (Å²) in [6.45, 7) is 1.93. The third-order valence-corrected chi connectivity index (χ3v) is 3.57. The highest BCUT2D eigenvalue weighted by atomic mass is 32.1. The Morgan fingerprint density at radius 1 is 1.68 bits per heavy atom. The van der Waals surface area contributed by atoms with Crippen LogP contribution in [0.5, 0.6) is 0 Å². The summed E-state index contributed by atoms with van der Waals surface area (Å²) in [5, 5.41) is 17.6. The number of thiazole rings is 1. The van der Waals surface area contributed by atoms with Crippen molar-refractivity contribution in [1.29, 1.82) is 0 Å². The number of hydrogen-bond donors (Lipinski definition) is 2. The van der Waals surface area contributed by atoms with Gasteiger partial charge in [-0.05, 0) is 6.42 Å². The van der Waals surface area contributed by atoms with Crippen molar-refractivity contribution in [3.05, 3.63) is 16.6 Å². The summed E-state index contributed by atoms with van der Waals surface area (Å²) in [5.41, 5.74) is -0.137. The van der Waals surface area contributed by atoms with Crippen LogP contribution in [0.15, 0.2) is 16.7 Å². The first kappa shape index (κ1) is 13.5. The fraction of sp³-hybridized carbons (Fsp3) is 0.455. The molecule has 102 valence electrons. The van der Waals surface area contributed by atoms with Crippen LogP contribution in [0.25, 0.3) is 0 Å². The lowest BCUT2D eigenvalue weighted by molar-refractivity contribution is -0.132. The Morgan fingerprint density at radius 3 is 3.00 bits per heavy atom. The number of nitrogens with one attached hydrogen (secondary N) is 1. The number of aromatic nitrogens is 1. The Hall–Kier alpha value is -1.96. The zero-order chi connectivity index (χ0) is 13.8. The largest absolute Gasteiger partial charge is 0.477 e. The minimum atomic E-state index is -1.16. The number of carbonyl (C=O) groups excluding carboxylic acids is 1. The number of nitrogens with zero attached hydrogens (tertiary/aromatic N) is 2. The predicted octanol–water partition coefficient (Wildman–Crippen LogP) is 0.940. The lowest BCUT2D eigenvalue weighted by atomic mass is 10.1. The fourth-order valence-electron chi connectivity index (χ4n) is 1.65. The predicted molar refractivity (Wildman–Crippen MR) is 67.8 cm³/mol. The Balaban J connectivity index is 1.93. The maximum Gasteiger partial charge on any atom is 0.353 e. The minimum Gasteiger partial charge on any atom is -0.477 e. The highest BCUT2D eigenvalue weighted by molar-refractivity contribution is 7.09. The number of carboxylic acids is 1. The molecule has 2 heterocycles. The van der Waals surface area contributed by atoms with E-state index in [0.29, 0.717) is 6.42 Å². The molecular weight excluding hydrogens is 270 g/mol. The van der Waals surface area contributed by atoms with E-state index in [1.807, 2.05) is 12.3 Å². The Bertz CT molecular complexity index is 500.